The molecule has 0 saturated heterocycles. The van der Waals surface area contributed by atoms with Gasteiger partial charge in [-0.15, -0.1) is 0 Å². The van der Waals surface area contributed by atoms with Crippen molar-refractivity contribution in [3.05, 3.63) is 41.0 Å². The van der Waals surface area contributed by atoms with E-state index >= 15 is 0 Å². The summed E-state index contributed by atoms with van der Waals surface area (Å²) in [4.78, 5) is 12.2. The molecule has 0 aliphatic carbocycles. The molecule has 3 N–H and O–H groups in total. The number of nitrogen functional groups attached to an aromatic ring is 1. The van der Waals surface area contributed by atoms with Gasteiger partial charge in [0.25, 0.3) is 5.91 Å². The quantitative estimate of drug-likeness (QED) is 0.869. The van der Waals surface area contributed by atoms with Crippen LogP contribution >= 0.6 is 0 Å². The monoisotopic (exact) mass is 262 g/mol. The molecule has 0 saturated carbocycles. The maximum absolute atomic E-state index is 13.7. The Morgan fingerprint density at radius 1 is 1.42 bits per heavy atom. The van der Waals surface area contributed by atoms with Crippen LogP contribution in [-0.2, 0) is 7.05 Å². The number of halogens is 1. The molecule has 1 amide bonds. The second-order valence-corrected chi connectivity index (χ2v) is 4.36. The molecule has 0 fully saturated rings. The number of benzene rings is 1. The zero-order valence-electron chi connectivity index (χ0n) is 11.0. The summed E-state index contributed by atoms with van der Waals surface area (Å²) in [7, 11) is 1.62. The van der Waals surface area contributed by atoms with E-state index in [0.29, 0.717) is 16.9 Å². The molecular weight excluding hydrogens is 247 g/mol. The highest BCUT2D eigenvalue weighted by Gasteiger charge is 2.19. The molecule has 0 bridgehead atoms. The smallest absolute Gasteiger partial charge is 0.276 e. The van der Waals surface area contributed by atoms with E-state index in [1.807, 2.05) is 0 Å². The maximum atomic E-state index is 13.7. The molecule has 1 aromatic heterocycles. The Kier molecular flexibility index (Phi) is 3.25. The van der Waals surface area contributed by atoms with Gasteiger partial charge in [-0.3, -0.25) is 9.48 Å². The standard InChI is InChI=1S/C13H15FN4O/c1-7-5-4-6-9(14)11(7)16-13(19)12-10(15)8(2)17-18(12)3/h4-6H,15H2,1-3H3,(H,16,19). The van der Waals surface area contributed by atoms with E-state index in [0.717, 1.165) is 0 Å². The van der Waals surface area contributed by atoms with Crippen LogP contribution in [0.5, 0.6) is 0 Å². The lowest BCUT2D eigenvalue weighted by molar-refractivity contribution is 0.101. The van der Waals surface area contributed by atoms with Gasteiger partial charge in [0, 0.05) is 7.05 Å². The van der Waals surface area contributed by atoms with E-state index in [4.69, 9.17) is 5.73 Å². The Morgan fingerprint density at radius 3 is 2.63 bits per heavy atom. The number of carbonyl (C=O) groups excluding carboxylic acids is 1. The van der Waals surface area contributed by atoms with E-state index in [1.54, 1.807) is 33.0 Å². The summed E-state index contributed by atoms with van der Waals surface area (Å²) in [6.45, 7) is 3.43. The van der Waals surface area contributed by atoms with Gasteiger partial charge in [0.15, 0.2) is 0 Å². The Hall–Kier alpha value is -2.37. The normalized spacial score (nSPS) is 10.5. The summed E-state index contributed by atoms with van der Waals surface area (Å²) in [5, 5.41) is 6.59. The number of hydrogen-bond acceptors (Lipinski definition) is 3. The van der Waals surface area contributed by atoms with E-state index < -0.39 is 11.7 Å². The topological polar surface area (TPSA) is 72.9 Å². The number of rotatable bonds is 2. The third kappa shape index (κ3) is 2.29. The number of nitrogens with two attached hydrogens (primary N) is 1. The van der Waals surface area contributed by atoms with E-state index in [1.165, 1.54) is 10.7 Å². The van der Waals surface area contributed by atoms with Gasteiger partial charge in [0.05, 0.1) is 17.1 Å². The second-order valence-electron chi connectivity index (χ2n) is 4.36. The molecule has 1 heterocycles. The van der Waals surface area contributed by atoms with Gasteiger partial charge in [0.1, 0.15) is 11.5 Å². The Morgan fingerprint density at radius 2 is 2.11 bits per heavy atom. The average molecular weight is 262 g/mol. The van der Waals surface area contributed by atoms with Crippen molar-refractivity contribution >= 4 is 17.3 Å². The van der Waals surface area contributed by atoms with E-state index in [-0.39, 0.29) is 11.4 Å². The highest BCUT2D eigenvalue weighted by Crippen LogP contribution is 2.21. The molecule has 1 aromatic carbocycles. The maximum Gasteiger partial charge on any atom is 0.276 e. The molecule has 5 nitrogen and oxygen atoms in total. The SMILES string of the molecule is Cc1cccc(F)c1NC(=O)c1c(N)c(C)nn1C. The number of nitrogens with one attached hydrogen (secondary N) is 1. The van der Waals surface area contributed by atoms with Gasteiger partial charge in [-0.1, -0.05) is 12.1 Å². The van der Waals surface area contributed by atoms with Gasteiger partial charge in [0.2, 0.25) is 0 Å². The van der Waals surface area contributed by atoms with Crippen LogP contribution < -0.4 is 11.1 Å². The van der Waals surface area contributed by atoms with Crippen LogP contribution in [0.4, 0.5) is 15.8 Å². The summed E-state index contributed by atoms with van der Waals surface area (Å²) in [5.74, 6) is -0.959. The molecule has 0 radical (unpaired) electrons. The molecule has 2 rings (SSSR count). The third-order valence-electron chi connectivity index (χ3n) is 2.94. The summed E-state index contributed by atoms with van der Waals surface area (Å²) >= 11 is 0. The minimum atomic E-state index is -0.481. The number of anilines is 2. The molecular formula is C13H15FN4O. The van der Waals surface area contributed by atoms with Gasteiger partial charge in [-0.2, -0.15) is 5.10 Å². The first-order chi connectivity index (χ1) is 8.91. The summed E-state index contributed by atoms with van der Waals surface area (Å²) < 4.78 is 15.0. The third-order valence-corrected chi connectivity index (χ3v) is 2.94. The number of nitrogens with zero attached hydrogens (tertiary/aromatic N) is 2. The summed E-state index contributed by atoms with van der Waals surface area (Å²) in [6.07, 6.45) is 0. The molecule has 0 spiro atoms. The van der Waals surface area contributed by atoms with Crippen molar-refractivity contribution in [1.82, 2.24) is 9.78 Å². The first-order valence-corrected chi connectivity index (χ1v) is 5.77. The first-order valence-electron chi connectivity index (χ1n) is 5.77. The van der Waals surface area contributed by atoms with Crippen molar-refractivity contribution in [3.8, 4) is 0 Å². The van der Waals surface area contributed by atoms with Gasteiger partial charge in [-0.25, -0.2) is 4.39 Å². The fraction of sp³-hybridized carbons (Fsp3) is 0.231. The highest BCUT2D eigenvalue weighted by atomic mass is 19.1. The number of aryl methyl sites for hydroxylation is 3. The lowest BCUT2D eigenvalue weighted by Crippen LogP contribution is -2.19. The van der Waals surface area contributed by atoms with Crippen LogP contribution in [-0.4, -0.2) is 15.7 Å². The fourth-order valence-corrected chi connectivity index (χ4v) is 1.91. The highest BCUT2D eigenvalue weighted by molar-refractivity contribution is 6.07. The van der Waals surface area contributed by atoms with Crippen LogP contribution in [0, 0.1) is 19.7 Å². The summed E-state index contributed by atoms with van der Waals surface area (Å²) in [5.41, 5.74) is 7.69. The van der Waals surface area contributed by atoms with Crippen LogP contribution in [0.2, 0.25) is 0 Å². The number of carbonyl (C=O) groups is 1. The number of hydrogen-bond donors (Lipinski definition) is 2. The summed E-state index contributed by atoms with van der Waals surface area (Å²) in [6, 6.07) is 4.60. The number of para-hydroxylation sites is 1. The van der Waals surface area contributed by atoms with Crippen molar-refractivity contribution in [3.63, 3.8) is 0 Å². The molecule has 0 aliphatic heterocycles. The van der Waals surface area contributed by atoms with Gasteiger partial charge < -0.3 is 11.1 Å². The van der Waals surface area contributed by atoms with Crippen LogP contribution in [0.3, 0.4) is 0 Å². The molecule has 0 atom stereocenters. The molecule has 19 heavy (non-hydrogen) atoms. The second kappa shape index (κ2) is 4.72. The first kappa shape index (κ1) is 13.1. The average Bonchev–Trinajstić information content (AvgIpc) is 2.58. The number of aromatic nitrogens is 2. The van der Waals surface area contributed by atoms with Crippen LogP contribution in [0.25, 0.3) is 0 Å². The van der Waals surface area contributed by atoms with Crippen LogP contribution in [0.15, 0.2) is 18.2 Å². The Bertz CT molecular complexity index is 628. The minimum Gasteiger partial charge on any atom is -0.395 e. The van der Waals surface area contributed by atoms with E-state index in [9.17, 15) is 9.18 Å². The molecule has 0 aliphatic rings. The Labute approximate surface area is 110 Å². The Balaban J connectivity index is 2.36. The minimum absolute atomic E-state index is 0.158. The van der Waals surface area contributed by atoms with Gasteiger partial charge >= 0.3 is 0 Å². The van der Waals surface area contributed by atoms with Crippen molar-refractivity contribution in [2.75, 3.05) is 11.1 Å². The number of amides is 1. The van der Waals surface area contributed by atoms with Crippen molar-refractivity contribution in [2.24, 2.45) is 7.05 Å². The van der Waals surface area contributed by atoms with Crippen molar-refractivity contribution < 1.29 is 9.18 Å². The van der Waals surface area contributed by atoms with Crippen molar-refractivity contribution in [2.45, 2.75) is 13.8 Å². The zero-order valence-corrected chi connectivity index (χ0v) is 11.0. The van der Waals surface area contributed by atoms with E-state index in [2.05, 4.69) is 10.4 Å². The lowest BCUT2D eigenvalue weighted by Gasteiger charge is -2.09. The fourth-order valence-electron chi connectivity index (χ4n) is 1.91. The van der Waals surface area contributed by atoms with Gasteiger partial charge in [-0.05, 0) is 25.5 Å². The van der Waals surface area contributed by atoms with Crippen LogP contribution in [0.1, 0.15) is 21.7 Å². The predicted molar refractivity (Wildman–Crippen MR) is 71.4 cm³/mol. The molecule has 0 unspecified atom stereocenters. The predicted octanol–water partition coefficient (Wildman–Crippen LogP) is 2.01. The molecule has 100 valence electrons. The largest absolute Gasteiger partial charge is 0.395 e. The zero-order chi connectivity index (χ0) is 14.2. The lowest BCUT2D eigenvalue weighted by atomic mass is 10.2. The van der Waals surface area contributed by atoms with Crippen molar-refractivity contribution in [1.29, 1.82) is 0 Å². The molecule has 2 aromatic rings. The molecule has 6 heteroatoms.